The van der Waals surface area contributed by atoms with Crippen LogP contribution in [0, 0.1) is 0 Å². The zero-order valence-electron chi connectivity index (χ0n) is 13.5. The first-order valence-electron chi connectivity index (χ1n) is 7.80. The van der Waals surface area contributed by atoms with Gasteiger partial charge in [-0.25, -0.2) is 4.98 Å². The number of aromatic nitrogens is 2. The summed E-state index contributed by atoms with van der Waals surface area (Å²) in [5, 5.41) is 0. The molecular formula is C17H24Cl2N4O. The molecule has 1 fully saturated rings. The Hall–Kier alpha value is -1.56. The van der Waals surface area contributed by atoms with Gasteiger partial charge in [0.05, 0.1) is 6.33 Å². The normalized spacial score (nSPS) is 16.0. The number of imidazole rings is 1. The Bertz CT molecular complexity index is 598. The molecule has 24 heavy (non-hydrogen) atoms. The van der Waals surface area contributed by atoms with E-state index in [1.54, 1.807) is 6.20 Å². The van der Waals surface area contributed by atoms with Gasteiger partial charge in [-0.1, -0.05) is 30.3 Å². The van der Waals surface area contributed by atoms with Gasteiger partial charge in [0, 0.05) is 44.0 Å². The Morgan fingerprint density at radius 2 is 1.88 bits per heavy atom. The summed E-state index contributed by atoms with van der Waals surface area (Å²) in [6.07, 6.45) is 7.97. The SMILES string of the molecule is Cl.Cl.NC(CC(=O)N1CCC(n2ccnc2)CC1)c1ccccc1. The number of hydrogen-bond donors (Lipinski definition) is 1. The molecule has 5 nitrogen and oxygen atoms in total. The maximum Gasteiger partial charge on any atom is 0.224 e. The number of nitrogens with zero attached hydrogens (tertiary/aromatic N) is 3. The Labute approximate surface area is 155 Å². The van der Waals surface area contributed by atoms with Crippen molar-refractivity contribution in [2.24, 2.45) is 5.73 Å². The maximum absolute atomic E-state index is 12.4. The van der Waals surface area contributed by atoms with Crippen molar-refractivity contribution in [3.63, 3.8) is 0 Å². The minimum Gasteiger partial charge on any atom is -0.342 e. The first kappa shape index (κ1) is 20.5. The largest absolute Gasteiger partial charge is 0.342 e. The molecule has 1 aliphatic rings. The molecular weight excluding hydrogens is 347 g/mol. The fraction of sp³-hybridized carbons (Fsp3) is 0.412. The Morgan fingerprint density at radius 1 is 1.21 bits per heavy atom. The maximum atomic E-state index is 12.4. The summed E-state index contributed by atoms with van der Waals surface area (Å²) >= 11 is 0. The average Bonchev–Trinajstić information content (AvgIpc) is 3.10. The minimum atomic E-state index is -0.222. The van der Waals surface area contributed by atoms with Crippen molar-refractivity contribution in [3.8, 4) is 0 Å². The van der Waals surface area contributed by atoms with Gasteiger partial charge >= 0.3 is 0 Å². The third kappa shape index (κ3) is 4.97. The summed E-state index contributed by atoms with van der Waals surface area (Å²) in [5.74, 6) is 0.153. The van der Waals surface area contributed by atoms with Crippen LogP contribution in [-0.4, -0.2) is 33.4 Å². The number of nitrogens with two attached hydrogens (primary N) is 1. The molecule has 2 aromatic rings. The van der Waals surface area contributed by atoms with Gasteiger partial charge in [0.2, 0.25) is 5.91 Å². The molecule has 0 radical (unpaired) electrons. The summed E-state index contributed by atoms with van der Waals surface area (Å²) in [6, 6.07) is 10.0. The van der Waals surface area contributed by atoms with Gasteiger partial charge in [0.15, 0.2) is 0 Å². The van der Waals surface area contributed by atoms with Gasteiger partial charge in [-0.15, -0.1) is 24.8 Å². The van der Waals surface area contributed by atoms with Crippen molar-refractivity contribution in [2.45, 2.75) is 31.3 Å². The molecule has 1 unspecified atom stereocenters. The van der Waals surface area contributed by atoms with Crippen LogP contribution in [0.2, 0.25) is 0 Å². The molecule has 1 aromatic heterocycles. The number of piperidine rings is 1. The van der Waals surface area contributed by atoms with Crippen LogP contribution < -0.4 is 5.73 Å². The van der Waals surface area contributed by atoms with E-state index in [-0.39, 0.29) is 36.8 Å². The van der Waals surface area contributed by atoms with Crippen molar-refractivity contribution < 1.29 is 4.79 Å². The molecule has 1 saturated heterocycles. The lowest BCUT2D eigenvalue weighted by molar-refractivity contribution is -0.132. The van der Waals surface area contributed by atoms with E-state index in [1.165, 1.54) is 0 Å². The van der Waals surface area contributed by atoms with Crippen molar-refractivity contribution in [1.29, 1.82) is 0 Å². The van der Waals surface area contributed by atoms with E-state index in [2.05, 4.69) is 9.55 Å². The Morgan fingerprint density at radius 3 is 2.46 bits per heavy atom. The highest BCUT2D eigenvalue weighted by Crippen LogP contribution is 2.23. The molecule has 0 spiro atoms. The molecule has 0 bridgehead atoms. The molecule has 7 heteroatoms. The highest BCUT2D eigenvalue weighted by atomic mass is 35.5. The second-order valence-corrected chi connectivity index (χ2v) is 5.84. The number of likely N-dealkylation sites (tertiary alicyclic amines) is 1. The van der Waals surface area contributed by atoms with Crippen molar-refractivity contribution in [2.75, 3.05) is 13.1 Å². The minimum absolute atomic E-state index is 0. The number of rotatable bonds is 4. The van der Waals surface area contributed by atoms with Crippen LogP contribution in [0.15, 0.2) is 49.1 Å². The summed E-state index contributed by atoms with van der Waals surface area (Å²) < 4.78 is 2.14. The molecule has 2 N–H and O–H groups in total. The zero-order valence-corrected chi connectivity index (χ0v) is 15.1. The van der Waals surface area contributed by atoms with E-state index in [4.69, 9.17) is 5.73 Å². The van der Waals surface area contributed by atoms with E-state index in [0.717, 1.165) is 31.5 Å². The van der Waals surface area contributed by atoms with Crippen LogP contribution in [0.1, 0.15) is 36.9 Å². The van der Waals surface area contributed by atoms with Crippen LogP contribution in [0.5, 0.6) is 0 Å². The van der Waals surface area contributed by atoms with E-state index in [9.17, 15) is 4.79 Å². The van der Waals surface area contributed by atoms with Crippen LogP contribution >= 0.6 is 24.8 Å². The summed E-state index contributed by atoms with van der Waals surface area (Å²) in [6.45, 7) is 1.59. The first-order chi connectivity index (χ1) is 10.7. The number of hydrogen-bond acceptors (Lipinski definition) is 3. The smallest absolute Gasteiger partial charge is 0.224 e. The first-order valence-corrected chi connectivity index (χ1v) is 7.80. The average molecular weight is 371 g/mol. The zero-order chi connectivity index (χ0) is 15.4. The van der Waals surface area contributed by atoms with Crippen LogP contribution in [0.25, 0.3) is 0 Å². The predicted molar refractivity (Wildman–Crippen MR) is 99.6 cm³/mol. The number of halogens is 2. The van der Waals surface area contributed by atoms with Crippen LogP contribution in [-0.2, 0) is 4.79 Å². The summed E-state index contributed by atoms with van der Waals surface area (Å²) in [5.41, 5.74) is 7.16. The van der Waals surface area contributed by atoms with Gasteiger partial charge in [-0.05, 0) is 18.4 Å². The van der Waals surface area contributed by atoms with Gasteiger partial charge in [0.1, 0.15) is 0 Å². The standard InChI is InChI=1S/C17H22N4O.2ClH/c18-16(14-4-2-1-3-5-14)12-17(22)20-9-6-15(7-10-20)21-11-8-19-13-21;;/h1-5,8,11,13,15-16H,6-7,9-10,12,18H2;2*1H. The summed E-state index contributed by atoms with van der Waals surface area (Å²) in [4.78, 5) is 18.4. The van der Waals surface area contributed by atoms with E-state index >= 15 is 0 Å². The number of carbonyl (C=O) groups is 1. The fourth-order valence-electron chi connectivity index (χ4n) is 3.03. The lowest BCUT2D eigenvalue weighted by Gasteiger charge is -2.33. The molecule has 0 saturated carbocycles. The molecule has 2 heterocycles. The van der Waals surface area contributed by atoms with Crippen LogP contribution in [0.3, 0.4) is 0 Å². The van der Waals surface area contributed by atoms with Gasteiger partial charge in [0.25, 0.3) is 0 Å². The second kappa shape index (κ2) is 9.67. The topological polar surface area (TPSA) is 64.2 Å². The number of amides is 1. The molecule has 132 valence electrons. The van der Waals surface area contributed by atoms with Crippen LogP contribution in [0.4, 0.5) is 0 Å². The molecule has 1 atom stereocenters. The predicted octanol–water partition coefficient (Wildman–Crippen LogP) is 2.98. The van der Waals surface area contributed by atoms with Gasteiger partial charge < -0.3 is 15.2 Å². The molecule has 1 aliphatic heterocycles. The third-order valence-electron chi connectivity index (χ3n) is 4.39. The second-order valence-electron chi connectivity index (χ2n) is 5.84. The lowest BCUT2D eigenvalue weighted by atomic mass is 10.0. The Kier molecular flexibility index (Phi) is 8.25. The lowest BCUT2D eigenvalue weighted by Crippen LogP contribution is -2.40. The van der Waals surface area contributed by atoms with Gasteiger partial charge in [-0.3, -0.25) is 4.79 Å². The molecule has 1 aromatic carbocycles. The highest BCUT2D eigenvalue weighted by Gasteiger charge is 2.24. The van der Waals surface area contributed by atoms with Crippen molar-refractivity contribution in [1.82, 2.24) is 14.5 Å². The van der Waals surface area contributed by atoms with Crippen molar-refractivity contribution in [3.05, 3.63) is 54.6 Å². The number of benzene rings is 1. The third-order valence-corrected chi connectivity index (χ3v) is 4.39. The molecule has 0 aliphatic carbocycles. The Balaban J connectivity index is 0.00000144. The molecule has 3 rings (SSSR count). The highest BCUT2D eigenvalue weighted by molar-refractivity contribution is 5.85. The number of carbonyl (C=O) groups excluding carboxylic acids is 1. The monoisotopic (exact) mass is 370 g/mol. The van der Waals surface area contributed by atoms with E-state index < -0.39 is 0 Å². The summed E-state index contributed by atoms with van der Waals surface area (Å²) in [7, 11) is 0. The quantitative estimate of drug-likeness (QED) is 0.899. The van der Waals surface area contributed by atoms with E-state index in [0.29, 0.717) is 12.5 Å². The van der Waals surface area contributed by atoms with Crippen molar-refractivity contribution >= 4 is 30.7 Å². The van der Waals surface area contributed by atoms with E-state index in [1.807, 2.05) is 47.8 Å². The van der Waals surface area contributed by atoms with Gasteiger partial charge in [-0.2, -0.15) is 0 Å². The fourth-order valence-corrected chi connectivity index (χ4v) is 3.03. The molecule has 1 amide bonds.